The van der Waals surface area contributed by atoms with Crippen LogP contribution in [-0.2, 0) is 32.2 Å². The lowest BCUT2D eigenvalue weighted by molar-refractivity contribution is 0.0472. The highest BCUT2D eigenvalue weighted by atomic mass is 32.2. The summed E-state index contributed by atoms with van der Waals surface area (Å²) < 4.78 is 38.8. The quantitative estimate of drug-likeness (QED) is 0.323. The molecule has 3 rings (SSSR count). The first-order valence-electron chi connectivity index (χ1n) is 8.92. The molecule has 0 spiro atoms. The summed E-state index contributed by atoms with van der Waals surface area (Å²) in [5, 5.41) is 11.1. The van der Waals surface area contributed by atoms with Gasteiger partial charge in [0.1, 0.15) is 25.1 Å². The molecule has 0 unspecified atom stereocenters. The first-order chi connectivity index (χ1) is 14.4. The van der Waals surface area contributed by atoms with E-state index in [1.54, 1.807) is 24.3 Å². The van der Waals surface area contributed by atoms with Gasteiger partial charge in [0, 0.05) is 0 Å². The average molecular weight is 467 g/mol. The molecule has 0 saturated carbocycles. The van der Waals surface area contributed by atoms with Gasteiger partial charge in [-0.1, -0.05) is 30.3 Å². The molecule has 0 radical (unpaired) electrons. The zero-order valence-electron chi connectivity index (χ0n) is 16.6. The smallest absolute Gasteiger partial charge is 0.338 e. The van der Waals surface area contributed by atoms with Crippen molar-refractivity contribution in [1.29, 1.82) is 0 Å². The van der Waals surface area contributed by atoms with Crippen molar-refractivity contribution in [3.05, 3.63) is 72.1 Å². The molecule has 10 nitrogen and oxygen atoms in total. The SMILES string of the molecule is CS(=O)(=O)O[C@H](COc1ccc(C(=O)OCc2ccccc2)cc1)Cn1ncnn1.S. The van der Waals surface area contributed by atoms with Crippen molar-refractivity contribution in [2.45, 2.75) is 19.3 Å². The van der Waals surface area contributed by atoms with Gasteiger partial charge in [-0.05, 0) is 35.0 Å². The highest BCUT2D eigenvalue weighted by molar-refractivity contribution is 7.86. The number of hydrogen-bond acceptors (Lipinski definition) is 9. The van der Waals surface area contributed by atoms with Gasteiger partial charge in [-0.2, -0.15) is 26.7 Å². The second-order valence-corrected chi connectivity index (χ2v) is 7.91. The summed E-state index contributed by atoms with van der Waals surface area (Å²) in [4.78, 5) is 13.4. The molecular formula is C19H22N4O6S2. The van der Waals surface area contributed by atoms with Crippen molar-refractivity contribution in [1.82, 2.24) is 20.2 Å². The average Bonchev–Trinajstić information content (AvgIpc) is 3.23. The summed E-state index contributed by atoms with van der Waals surface area (Å²) in [5.74, 6) is -0.0239. The summed E-state index contributed by atoms with van der Waals surface area (Å²) >= 11 is 0. The molecule has 1 heterocycles. The molecule has 0 saturated heterocycles. The number of carbonyl (C=O) groups is 1. The highest BCUT2D eigenvalue weighted by Crippen LogP contribution is 2.15. The molecule has 166 valence electrons. The molecule has 0 aliphatic heterocycles. The molecule has 0 N–H and O–H groups in total. The summed E-state index contributed by atoms with van der Waals surface area (Å²) in [6.07, 6.45) is 1.32. The van der Waals surface area contributed by atoms with Gasteiger partial charge in [-0.3, -0.25) is 4.18 Å². The van der Waals surface area contributed by atoms with Gasteiger partial charge in [0.05, 0.1) is 18.4 Å². The number of tetrazole rings is 1. The third-order valence-electron chi connectivity index (χ3n) is 3.81. The molecule has 31 heavy (non-hydrogen) atoms. The van der Waals surface area contributed by atoms with Gasteiger partial charge in [-0.25, -0.2) is 4.79 Å². The Labute approximate surface area is 186 Å². The van der Waals surface area contributed by atoms with Crippen molar-refractivity contribution >= 4 is 29.6 Å². The Morgan fingerprint density at radius 2 is 1.81 bits per heavy atom. The predicted octanol–water partition coefficient (Wildman–Crippen LogP) is 1.57. The first-order valence-corrected chi connectivity index (χ1v) is 10.7. The number of carbonyl (C=O) groups excluding carboxylic acids is 1. The van der Waals surface area contributed by atoms with Crippen LogP contribution >= 0.6 is 13.5 Å². The maximum absolute atomic E-state index is 12.2. The largest absolute Gasteiger partial charge is 0.491 e. The normalized spacial score (nSPS) is 11.9. The summed E-state index contributed by atoms with van der Waals surface area (Å²) in [5.41, 5.74) is 1.26. The number of esters is 1. The molecule has 1 atom stereocenters. The molecule has 0 fully saturated rings. The molecule has 0 aliphatic rings. The Balaban J connectivity index is 0.00000341. The standard InChI is InChI=1S/C19H20N4O6S.H2S/c1-30(25,26)29-18(11-23-21-14-20-22-23)13-27-17-9-7-16(8-10-17)19(24)28-12-15-5-3-2-4-6-15;/h2-10,14,18H,11-13H2,1H3;1H2/t18-;/m0./s1. The van der Waals surface area contributed by atoms with E-state index in [1.807, 2.05) is 30.3 Å². The minimum absolute atomic E-state index is 0. The van der Waals surface area contributed by atoms with Crippen molar-refractivity contribution in [3.63, 3.8) is 0 Å². The number of aromatic nitrogens is 4. The molecule has 0 aliphatic carbocycles. The highest BCUT2D eigenvalue weighted by Gasteiger charge is 2.19. The van der Waals surface area contributed by atoms with Crippen molar-refractivity contribution in [3.8, 4) is 5.75 Å². The van der Waals surface area contributed by atoms with Crippen LogP contribution in [0.1, 0.15) is 15.9 Å². The van der Waals surface area contributed by atoms with Crippen LogP contribution in [0.4, 0.5) is 0 Å². The zero-order chi connectivity index (χ0) is 21.4. The second-order valence-electron chi connectivity index (χ2n) is 6.31. The van der Waals surface area contributed by atoms with Crippen LogP contribution in [0.15, 0.2) is 60.9 Å². The van der Waals surface area contributed by atoms with Gasteiger partial charge in [0.2, 0.25) is 0 Å². The van der Waals surface area contributed by atoms with Crippen LogP contribution in [0, 0.1) is 0 Å². The van der Waals surface area contributed by atoms with E-state index in [0.29, 0.717) is 11.3 Å². The maximum atomic E-state index is 12.2. The number of hydrogen-bond donors (Lipinski definition) is 0. The Morgan fingerprint density at radius 3 is 2.42 bits per heavy atom. The number of benzene rings is 2. The molecule has 0 bridgehead atoms. The van der Waals surface area contributed by atoms with Gasteiger partial charge in [-0.15, -0.1) is 10.2 Å². The van der Waals surface area contributed by atoms with Gasteiger partial charge < -0.3 is 9.47 Å². The summed E-state index contributed by atoms with van der Waals surface area (Å²) in [7, 11) is -3.71. The van der Waals surface area contributed by atoms with Crippen LogP contribution in [-0.4, -0.2) is 53.6 Å². The fourth-order valence-corrected chi connectivity index (χ4v) is 3.11. The van der Waals surface area contributed by atoms with E-state index in [4.69, 9.17) is 13.7 Å². The Morgan fingerprint density at radius 1 is 1.10 bits per heavy atom. The summed E-state index contributed by atoms with van der Waals surface area (Å²) in [6, 6.07) is 15.7. The van der Waals surface area contributed by atoms with E-state index < -0.39 is 22.2 Å². The van der Waals surface area contributed by atoms with Crippen LogP contribution < -0.4 is 4.74 Å². The number of nitrogens with zero attached hydrogens (tertiary/aromatic N) is 4. The van der Waals surface area contributed by atoms with E-state index in [2.05, 4.69) is 15.4 Å². The lowest BCUT2D eigenvalue weighted by Crippen LogP contribution is -2.30. The Kier molecular flexibility index (Phi) is 8.97. The number of rotatable bonds is 10. The van der Waals surface area contributed by atoms with Crippen LogP contribution in [0.5, 0.6) is 5.75 Å². The Bertz CT molecular complexity index is 1040. The third-order valence-corrected chi connectivity index (χ3v) is 4.43. The lowest BCUT2D eigenvalue weighted by Gasteiger charge is -2.16. The van der Waals surface area contributed by atoms with Crippen molar-refractivity contribution in [2.24, 2.45) is 0 Å². The summed E-state index contributed by atoms with van der Waals surface area (Å²) in [6.45, 7) is 0.141. The first kappa shape index (κ1) is 24.3. The minimum Gasteiger partial charge on any atom is -0.491 e. The Hall–Kier alpha value is -2.96. The fourth-order valence-electron chi connectivity index (χ4n) is 2.50. The molecule has 0 amide bonds. The topological polar surface area (TPSA) is 123 Å². The third kappa shape index (κ3) is 8.36. The van der Waals surface area contributed by atoms with Crippen molar-refractivity contribution < 1.29 is 26.9 Å². The van der Waals surface area contributed by atoms with E-state index in [0.717, 1.165) is 11.8 Å². The maximum Gasteiger partial charge on any atom is 0.338 e. The van der Waals surface area contributed by atoms with Crippen LogP contribution in [0.25, 0.3) is 0 Å². The molecule has 2 aromatic carbocycles. The molecule has 12 heteroatoms. The lowest BCUT2D eigenvalue weighted by atomic mass is 10.2. The monoisotopic (exact) mass is 466 g/mol. The predicted molar refractivity (Wildman–Crippen MR) is 115 cm³/mol. The van der Waals surface area contributed by atoms with Gasteiger partial charge in [0.15, 0.2) is 6.33 Å². The second kappa shape index (κ2) is 11.4. The minimum atomic E-state index is -3.71. The van der Waals surface area contributed by atoms with Crippen LogP contribution in [0.2, 0.25) is 0 Å². The van der Waals surface area contributed by atoms with E-state index >= 15 is 0 Å². The van der Waals surface area contributed by atoms with E-state index in [1.165, 1.54) is 11.1 Å². The van der Waals surface area contributed by atoms with Gasteiger partial charge in [0.25, 0.3) is 10.1 Å². The number of ether oxygens (including phenoxy) is 2. The van der Waals surface area contributed by atoms with Crippen molar-refractivity contribution in [2.75, 3.05) is 12.9 Å². The molecule has 3 aromatic rings. The van der Waals surface area contributed by atoms with E-state index in [-0.39, 0.29) is 33.3 Å². The van der Waals surface area contributed by atoms with Crippen LogP contribution in [0.3, 0.4) is 0 Å². The molecule has 1 aromatic heterocycles. The molecular weight excluding hydrogens is 444 g/mol. The van der Waals surface area contributed by atoms with Gasteiger partial charge >= 0.3 is 5.97 Å². The van der Waals surface area contributed by atoms with E-state index in [9.17, 15) is 13.2 Å². The zero-order valence-corrected chi connectivity index (χ0v) is 18.4. The fraction of sp³-hybridized carbons (Fsp3) is 0.263.